The molecule has 1 N–H and O–H groups in total. The molecular weight excluding hydrogens is 446 g/mol. The van der Waals surface area contributed by atoms with Crippen molar-refractivity contribution in [2.75, 3.05) is 33.9 Å². The predicted molar refractivity (Wildman–Crippen MR) is 132 cm³/mol. The molecule has 8 heteroatoms. The van der Waals surface area contributed by atoms with Gasteiger partial charge in [-0.3, -0.25) is 9.59 Å². The van der Waals surface area contributed by atoms with Gasteiger partial charge in [-0.25, -0.2) is 4.98 Å². The Morgan fingerprint density at radius 2 is 2.11 bits per heavy atom. The van der Waals surface area contributed by atoms with E-state index in [1.807, 2.05) is 38.1 Å². The maximum atomic E-state index is 13.5. The lowest BCUT2D eigenvalue weighted by Crippen LogP contribution is -2.50. The van der Waals surface area contributed by atoms with Crippen LogP contribution in [0, 0.1) is 17.8 Å². The van der Waals surface area contributed by atoms with Gasteiger partial charge in [0.25, 0.3) is 5.91 Å². The highest BCUT2D eigenvalue weighted by molar-refractivity contribution is 5.97. The van der Waals surface area contributed by atoms with E-state index in [9.17, 15) is 14.7 Å². The number of ether oxygens (including phenoxy) is 2. The van der Waals surface area contributed by atoms with Crippen LogP contribution in [0.25, 0.3) is 0 Å². The van der Waals surface area contributed by atoms with Gasteiger partial charge in [-0.1, -0.05) is 37.8 Å². The van der Waals surface area contributed by atoms with Gasteiger partial charge in [0.2, 0.25) is 11.8 Å². The molecule has 186 valence electrons. The lowest BCUT2D eigenvalue weighted by molar-refractivity contribution is -0.131. The predicted octanol–water partition coefficient (Wildman–Crippen LogP) is 2.58. The zero-order valence-electron chi connectivity index (χ0n) is 20.9. The summed E-state index contributed by atoms with van der Waals surface area (Å²) in [5, 5.41) is 9.80. The quantitative estimate of drug-likeness (QED) is 0.641. The van der Waals surface area contributed by atoms with E-state index in [-0.39, 0.29) is 41.9 Å². The number of fused-ring (bicyclic) bond motifs is 1. The summed E-state index contributed by atoms with van der Waals surface area (Å²) in [6, 6.07) is 8.69. The van der Waals surface area contributed by atoms with E-state index in [1.165, 1.54) is 0 Å². The number of pyridine rings is 1. The van der Waals surface area contributed by atoms with Gasteiger partial charge in [-0.15, -0.1) is 0 Å². The van der Waals surface area contributed by atoms with Gasteiger partial charge in [0.1, 0.15) is 17.4 Å². The van der Waals surface area contributed by atoms with Crippen molar-refractivity contribution in [3.63, 3.8) is 0 Å². The average Bonchev–Trinajstić information content (AvgIpc) is 2.88. The third-order valence-electron chi connectivity index (χ3n) is 6.15. The molecular formula is C27H33N3O5. The van der Waals surface area contributed by atoms with Crippen LogP contribution in [-0.2, 0) is 4.79 Å². The third-order valence-corrected chi connectivity index (χ3v) is 6.15. The molecule has 0 aliphatic carbocycles. The summed E-state index contributed by atoms with van der Waals surface area (Å²) in [5.41, 5.74) is 1.54. The van der Waals surface area contributed by atoms with Gasteiger partial charge in [-0.2, -0.15) is 0 Å². The summed E-state index contributed by atoms with van der Waals surface area (Å²) in [6.07, 6.45) is 1.58. The molecule has 1 aliphatic rings. The van der Waals surface area contributed by atoms with Crippen molar-refractivity contribution in [1.29, 1.82) is 0 Å². The SMILES string of the molecule is CCC(=O)N(C)C[C@H]1Oc2ncc(C#Cc3ccccc3OC)cc2C(=O)N([C@H](C)CO)C[C@@H]1C. The molecule has 1 aliphatic heterocycles. The first kappa shape index (κ1) is 26.0. The minimum Gasteiger partial charge on any atom is -0.495 e. The molecule has 0 spiro atoms. The zero-order valence-corrected chi connectivity index (χ0v) is 20.9. The van der Waals surface area contributed by atoms with E-state index >= 15 is 0 Å². The van der Waals surface area contributed by atoms with Crippen molar-refractivity contribution in [1.82, 2.24) is 14.8 Å². The van der Waals surface area contributed by atoms with Crippen molar-refractivity contribution >= 4 is 11.8 Å². The fourth-order valence-electron chi connectivity index (χ4n) is 3.92. The highest BCUT2D eigenvalue weighted by atomic mass is 16.5. The van der Waals surface area contributed by atoms with Gasteiger partial charge in [0.15, 0.2) is 0 Å². The lowest BCUT2D eigenvalue weighted by atomic mass is 9.99. The average molecular weight is 480 g/mol. The minimum absolute atomic E-state index is 0.00895. The van der Waals surface area contributed by atoms with Crippen molar-refractivity contribution in [2.45, 2.75) is 39.3 Å². The number of aliphatic hydroxyl groups is 1. The highest BCUT2D eigenvalue weighted by Gasteiger charge is 2.34. The van der Waals surface area contributed by atoms with Crippen LogP contribution in [0.2, 0.25) is 0 Å². The summed E-state index contributed by atoms with van der Waals surface area (Å²) >= 11 is 0. The van der Waals surface area contributed by atoms with E-state index in [0.717, 1.165) is 5.56 Å². The first-order valence-corrected chi connectivity index (χ1v) is 11.8. The molecule has 0 bridgehead atoms. The monoisotopic (exact) mass is 479 g/mol. The molecule has 0 unspecified atom stereocenters. The number of carbonyl (C=O) groups excluding carboxylic acids is 2. The maximum Gasteiger partial charge on any atom is 0.259 e. The van der Waals surface area contributed by atoms with E-state index < -0.39 is 6.04 Å². The molecule has 0 fully saturated rings. The number of carbonyl (C=O) groups is 2. The number of hydrogen-bond donors (Lipinski definition) is 1. The number of rotatable bonds is 6. The minimum atomic E-state index is -0.394. The fraction of sp³-hybridized carbons (Fsp3) is 0.444. The molecule has 0 radical (unpaired) electrons. The molecule has 3 rings (SSSR count). The van der Waals surface area contributed by atoms with E-state index in [4.69, 9.17) is 9.47 Å². The molecule has 35 heavy (non-hydrogen) atoms. The van der Waals surface area contributed by atoms with Crippen LogP contribution in [0.3, 0.4) is 0 Å². The van der Waals surface area contributed by atoms with Crippen molar-refractivity contribution in [3.05, 3.63) is 53.2 Å². The first-order valence-electron chi connectivity index (χ1n) is 11.8. The lowest BCUT2D eigenvalue weighted by Gasteiger charge is -2.37. The number of methoxy groups -OCH3 is 1. The van der Waals surface area contributed by atoms with Crippen molar-refractivity contribution in [2.24, 2.45) is 5.92 Å². The Hall–Kier alpha value is -3.57. The van der Waals surface area contributed by atoms with Crippen LogP contribution in [0.4, 0.5) is 0 Å². The van der Waals surface area contributed by atoms with Gasteiger partial charge in [0, 0.05) is 37.7 Å². The molecule has 0 saturated heterocycles. The molecule has 1 aromatic carbocycles. The second-order valence-electron chi connectivity index (χ2n) is 8.78. The number of hydrogen-bond acceptors (Lipinski definition) is 6. The topological polar surface area (TPSA) is 92.2 Å². The molecule has 1 aromatic heterocycles. The van der Waals surface area contributed by atoms with Gasteiger partial charge in [-0.05, 0) is 25.1 Å². The Labute approximate surface area is 206 Å². The van der Waals surface area contributed by atoms with Crippen LogP contribution in [0.15, 0.2) is 36.5 Å². The summed E-state index contributed by atoms with van der Waals surface area (Å²) in [6.45, 7) is 6.14. The van der Waals surface area contributed by atoms with Gasteiger partial charge in [0.05, 0.1) is 31.9 Å². The molecule has 2 aromatic rings. The number of likely N-dealkylation sites (N-methyl/N-ethyl adjacent to an activating group) is 1. The maximum absolute atomic E-state index is 13.5. The molecule has 2 amide bonds. The first-order chi connectivity index (χ1) is 16.8. The Kier molecular flexibility index (Phi) is 8.72. The molecule has 2 heterocycles. The third kappa shape index (κ3) is 6.11. The van der Waals surface area contributed by atoms with Crippen LogP contribution in [0.1, 0.15) is 48.7 Å². The molecule has 8 nitrogen and oxygen atoms in total. The van der Waals surface area contributed by atoms with Crippen LogP contribution < -0.4 is 9.47 Å². The number of aliphatic hydroxyl groups excluding tert-OH is 1. The number of aromatic nitrogens is 1. The second kappa shape index (κ2) is 11.7. The van der Waals surface area contributed by atoms with Crippen molar-refractivity contribution in [3.8, 4) is 23.5 Å². The van der Waals surface area contributed by atoms with E-state index in [1.54, 1.807) is 43.1 Å². The Bertz CT molecular complexity index is 1120. The Morgan fingerprint density at radius 3 is 2.80 bits per heavy atom. The standard InChI is InChI=1S/C27H33N3O5/c1-6-25(32)29(4)16-24-18(2)15-30(19(3)17-31)27(33)22-13-20(14-28-26(22)35-24)11-12-21-9-7-8-10-23(21)34-5/h7-10,13-14,18-19,24,31H,6,15-17H2,1-5H3/t18-,19+,24+/m0/s1. The van der Waals surface area contributed by atoms with Crippen LogP contribution >= 0.6 is 0 Å². The number of para-hydroxylation sites is 1. The van der Waals surface area contributed by atoms with Crippen LogP contribution in [0.5, 0.6) is 11.6 Å². The fourth-order valence-corrected chi connectivity index (χ4v) is 3.92. The Balaban J connectivity index is 2.00. The summed E-state index contributed by atoms with van der Waals surface area (Å²) in [4.78, 5) is 33.4. The normalized spacial score (nSPS) is 18.2. The summed E-state index contributed by atoms with van der Waals surface area (Å²) in [5.74, 6) is 6.61. The second-order valence-corrected chi connectivity index (χ2v) is 8.78. The highest BCUT2D eigenvalue weighted by Crippen LogP contribution is 2.27. The van der Waals surface area contributed by atoms with Gasteiger partial charge < -0.3 is 24.4 Å². The molecule has 3 atom stereocenters. The Morgan fingerprint density at radius 1 is 1.37 bits per heavy atom. The number of nitrogens with zero attached hydrogens (tertiary/aromatic N) is 3. The summed E-state index contributed by atoms with van der Waals surface area (Å²) < 4.78 is 11.6. The van der Waals surface area contributed by atoms with E-state index in [2.05, 4.69) is 16.8 Å². The van der Waals surface area contributed by atoms with Crippen LogP contribution in [-0.4, -0.2) is 77.7 Å². The smallest absolute Gasteiger partial charge is 0.259 e. The summed E-state index contributed by atoms with van der Waals surface area (Å²) in [7, 11) is 3.33. The van der Waals surface area contributed by atoms with Gasteiger partial charge >= 0.3 is 0 Å². The number of benzene rings is 1. The molecule has 0 saturated carbocycles. The number of amides is 2. The largest absolute Gasteiger partial charge is 0.495 e. The van der Waals surface area contributed by atoms with Crippen molar-refractivity contribution < 1.29 is 24.2 Å². The zero-order chi connectivity index (χ0) is 25.5. The van der Waals surface area contributed by atoms with E-state index in [0.29, 0.717) is 30.8 Å².